The Morgan fingerprint density at radius 2 is 0.930 bits per heavy atom. The highest BCUT2D eigenvalue weighted by Gasteiger charge is 2.16. The Kier molecular flexibility index (Phi) is 5.86. The summed E-state index contributed by atoms with van der Waals surface area (Å²) in [6.45, 7) is 0. The van der Waals surface area contributed by atoms with Gasteiger partial charge >= 0.3 is 0 Å². The topological polar surface area (TPSA) is 83.4 Å². The summed E-state index contributed by atoms with van der Waals surface area (Å²) >= 11 is 0. The number of aromatic amines is 2. The molecule has 0 saturated heterocycles. The van der Waals surface area contributed by atoms with Crippen LogP contribution in [-0.4, -0.2) is 19.9 Å². The molecule has 2 aliphatic heterocycles. The Bertz CT molecular complexity index is 2220. The third-order valence-corrected chi connectivity index (χ3v) is 7.90. The molecule has 0 aliphatic carbocycles. The van der Waals surface area contributed by atoms with E-state index < -0.39 is 0 Å². The molecular weight excluding hydrogens is 526 g/mol. The number of nitrogens with one attached hydrogen (secondary N) is 2. The fourth-order valence-electron chi connectivity index (χ4n) is 5.91. The lowest BCUT2D eigenvalue weighted by molar-refractivity contribution is 1.31. The molecule has 2 aliphatic rings. The summed E-state index contributed by atoms with van der Waals surface area (Å²) in [5.74, 6) is 0. The Labute approximate surface area is 248 Å². The number of hydrogen-bond acceptors (Lipinski definition) is 3. The lowest BCUT2D eigenvalue weighted by atomic mass is 10.0. The molecule has 0 saturated carbocycles. The monoisotopic (exact) mass is 553 g/mol. The van der Waals surface area contributed by atoms with Crippen molar-refractivity contribution >= 4 is 52.1 Å². The maximum atomic E-state index is 6.06. The van der Waals surface area contributed by atoms with Gasteiger partial charge in [-0.15, -0.1) is 0 Å². The van der Waals surface area contributed by atoms with Gasteiger partial charge in [0, 0.05) is 44.4 Å². The summed E-state index contributed by atoms with van der Waals surface area (Å²) in [7, 11) is 0. The van der Waals surface area contributed by atoms with Crippen molar-refractivity contribution in [2.45, 2.75) is 0 Å². The lowest BCUT2D eigenvalue weighted by Gasteiger charge is -2.06. The number of aromatic nitrogens is 4. The second-order valence-electron chi connectivity index (χ2n) is 10.7. The third kappa shape index (κ3) is 4.53. The first-order chi connectivity index (χ1) is 21.2. The first kappa shape index (κ1) is 24.8. The molecule has 8 bridgehead atoms. The number of fused-ring (bicyclic) bond motifs is 8. The minimum atomic E-state index is 0.723. The van der Waals surface area contributed by atoms with Crippen LogP contribution in [0.15, 0.2) is 115 Å². The molecule has 6 aromatic rings. The van der Waals surface area contributed by atoms with Gasteiger partial charge in [-0.05, 0) is 83.5 Å². The van der Waals surface area contributed by atoms with Crippen LogP contribution in [0.3, 0.4) is 0 Å². The van der Waals surface area contributed by atoms with E-state index in [4.69, 9.17) is 15.7 Å². The number of nitrogen functional groups attached to an aromatic ring is 1. The van der Waals surface area contributed by atoms with Gasteiger partial charge in [0.25, 0.3) is 0 Å². The first-order valence-corrected chi connectivity index (χ1v) is 14.3. The van der Waals surface area contributed by atoms with Crippen molar-refractivity contribution in [3.8, 4) is 33.4 Å². The van der Waals surface area contributed by atoms with Gasteiger partial charge in [-0.3, -0.25) is 0 Å². The van der Waals surface area contributed by atoms with E-state index in [-0.39, 0.29) is 0 Å². The lowest BCUT2D eigenvalue weighted by Crippen LogP contribution is -1.89. The van der Waals surface area contributed by atoms with E-state index in [1.165, 1.54) is 0 Å². The van der Waals surface area contributed by atoms with E-state index in [0.29, 0.717) is 0 Å². The summed E-state index contributed by atoms with van der Waals surface area (Å²) in [5, 5.41) is 0. The van der Waals surface area contributed by atoms with Gasteiger partial charge in [0.2, 0.25) is 0 Å². The van der Waals surface area contributed by atoms with E-state index in [2.05, 4.69) is 113 Å². The average molecular weight is 554 g/mol. The van der Waals surface area contributed by atoms with Gasteiger partial charge in [0.1, 0.15) is 0 Å². The smallest absolute Gasteiger partial charge is 0.0737 e. The maximum absolute atomic E-state index is 6.06. The molecule has 5 heterocycles. The molecule has 3 aromatic carbocycles. The highest BCUT2D eigenvalue weighted by molar-refractivity contribution is 5.97. The Balaban J connectivity index is 1.53. The maximum Gasteiger partial charge on any atom is 0.0737 e. The van der Waals surface area contributed by atoms with E-state index in [9.17, 15) is 0 Å². The van der Waals surface area contributed by atoms with Crippen LogP contribution < -0.4 is 5.73 Å². The zero-order valence-electron chi connectivity index (χ0n) is 23.3. The number of hydrogen-bond donors (Lipinski definition) is 3. The number of benzene rings is 3. The van der Waals surface area contributed by atoms with E-state index in [1.807, 2.05) is 36.4 Å². The zero-order chi connectivity index (χ0) is 28.8. The molecule has 0 amide bonds. The van der Waals surface area contributed by atoms with Crippen molar-refractivity contribution in [2.24, 2.45) is 0 Å². The molecule has 5 nitrogen and oxygen atoms in total. The largest absolute Gasteiger partial charge is 0.399 e. The Hall–Kier alpha value is -5.94. The molecule has 0 fully saturated rings. The van der Waals surface area contributed by atoms with Crippen molar-refractivity contribution < 1.29 is 0 Å². The summed E-state index contributed by atoms with van der Waals surface area (Å²) in [4.78, 5) is 17.7. The molecule has 0 spiro atoms. The van der Waals surface area contributed by atoms with Crippen LogP contribution in [0.1, 0.15) is 22.8 Å². The summed E-state index contributed by atoms with van der Waals surface area (Å²) < 4.78 is 0. The Morgan fingerprint density at radius 3 is 1.53 bits per heavy atom. The minimum Gasteiger partial charge on any atom is -0.399 e. The van der Waals surface area contributed by atoms with Crippen LogP contribution in [0.5, 0.6) is 0 Å². The quantitative estimate of drug-likeness (QED) is 0.191. The fourth-order valence-corrected chi connectivity index (χ4v) is 5.91. The van der Waals surface area contributed by atoms with Crippen molar-refractivity contribution in [2.75, 3.05) is 5.73 Å². The predicted molar refractivity (Wildman–Crippen MR) is 180 cm³/mol. The average Bonchev–Trinajstić information content (AvgIpc) is 3.86. The van der Waals surface area contributed by atoms with Gasteiger partial charge in [0.05, 0.1) is 22.8 Å². The molecule has 0 unspecified atom stereocenters. The van der Waals surface area contributed by atoms with E-state index >= 15 is 0 Å². The van der Waals surface area contributed by atoms with Crippen LogP contribution in [0.2, 0.25) is 0 Å². The van der Waals surface area contributed by atoms with Crippen LogP contribution >= 0.6 is 0 Å². The van der Waals surface area contributed by atoms with Crippen molar-refractivity contribution in [1.29, 1.82) is 0 Å². The third-order valence-electron chi connectivity index (χ3n) is 7.90. The summed E-state index contributed by atoms with van der Waals surface area (Å²) in [6, 6.07) is 39.4. The molecule has 3 aromatic heterocycles. The van der Waals surface area contributed by atoms with Gasteiger partial charge in [-0.25, -0.2) is 9.97 Å². The van der Waals surface area contributed by atoms with Crippen molar-refractivity contribution in [1.82, 2.24) is 19.9 Å². The second-order valence-corrected chi connectivity index (χ2v) is 10.7. The summed E-state index contributed by atoms with van der Waals surface area (Å²) in [5.41, 5.74) is 20.6. The molecule has 0 atom stereocenters. The van der Waals surface area contributed by atoms with Gasteiger partial charge in [-0.1, -0.05) is 72.8 Å². The van der Waals surface area contributed by atoms with Crippen molar-refractivity contribution in [3.63, 3.8) is 0 Å². The minimum absolute atomic E-state index is 0.723. The van der Waals surface area contributed by atoms with E-state index in [0.717, 1.165) is 83.9 Å². The van der Waals surface area contributed by atoms with Crippen LogP contribution in [0, 0.1) is 0 Å². The number of nitrogens with two attached hydrogens (primary N) is 1. The molecule has 8 rings (SSSR count). The van der Waals surface area contributed by atoms with Crippen molar-refractivity contribution in [3.05, 3.63) is 138 Å². The molecular formula is C38H27N5. The van der Waals surface area contributed by atoms with Gasteiger partial charge in [-0.2, -0.15) is 0 Å². The number of H-pyrrole nitrogens is 2. The highest BCUT2D eigenvalue weighted by atomic mass is 14.8. The Morgan fingerprint density at radius 1 is 0.442 bits per heavy atom. The normalized spacial score (nSPS) is 12.1. The first-order valence-electron chi connectivity index (χ1n) is 14.3. The molecule has 5 heteroatoms. The van der Waals surface area contributed by atoms with Gasteiger partial charge < -0.3 is 15.7 Å². The number of rotatable bonds is 3. The van der Waals surface area contributed by atoms with Crippen LogP contribution in [0.25, 0.3) is 79.8 Å². The molecule has 0 radical (unpaired) electrons. The molecule has 4 N–H and O–H groups in total. The number of anilines is 1. The fraction of sp³-hybridized carbons (Fsp3) is 0. The van der Waals surface area contributed by atoms with Crippen LogP contribution in [-0.2, 0) is 0 Å². The molecule has 204 valence electrons. The van der Waals surface area contributed by atoms with E-state index in [1.54, 1.807) is 0 Å². The standard InChI is InChI=1S/C38H27N5/c39-27-13-11-26(12-14-27)38-31-18-16-29(41-31)23-28-15-17-30(40-28)36(24-7-3-1-4-8-24)32-19-20-33(42-32)37(25-9-5-2-6-10-25)34-21-22-35(38)43-34/h1-23,41-42H,39H2. The SMILES string of the molecule is Nc1ccc(-c2c3nc(c(-c4ccccc4)c4ccc([nH]4)c(-c4ccccc4)c4nc(cc5ccc2[nH]5)C=C4)C=C3)cc1. The van der Waals surface area contributed by atoms with Gasteiger partial charge in [0.15, 0.2) is 0 Å². The van der Waals surface area contributed by atoms with Crippen LogP contribution in [0.4, 0.5) is 5.69 Å². The summed E-state index contributed by atoms with van der Waals surface area (Å²) in [6.07, 6.45) is 8.37. The zero-order valence-corrected chi connectivity index (χ0v) is 23.3. The predicted octanol–water partition coefficient (Wildman–Crippen LogP) is 9.24. The molecule has 43 heavy (non-hydrogen) atoms. The second kappa shape index (κ2) is 10.2. The highest BCUT2D eigenvalue weighted by Crippen LogP contribution is 2.36. The number of nitrogens with zero attached hydrogens (tertiary/aromatic N) is 2.